The van der Waals surface area contributed by atoms with Crippen LogP contribution in [0.1, 0.15) is 50.2 Å². The van der Waals surface area contributed by atoms with Gasteiger partial charge in [0.15, 0.2) is 5.13 Å². The van der Waals surface area contributed by atoms with E-state index in [-0.39, 0.29) is 49.8 Å². The molecule has 0 bridgehead atoms. The first-order chi connectivity index (χ1) is 21.2. The van der Waals surface area contributed by atoms with Crippen molar-refractivity contribution < 1.29 is 29.0 Å². The number of piperazine rings is 1. The molecule has 2 fully saturated rings. The number of esters is 1. The second kappa shape index (κ2) is 12.2. The van der Waals surface area contributed by atoms with E-state index in [2.05, 4.69) is 15.6 Å². The van der Waals surface area contributed by atoms with Gasteiger partial charge in [-0.15, -0.1) is 0 Å². The summed E-state index contributed by atoms with van der Waals surface area (Å²) < 4.78 is 5.13. The summed E-state index contributed by atoms with van der Waals surface area (Å²) in [5.41, 5.74) is 2.43. The lowest BCUT2D eigenvalue weighted by molar-refractivity contribution is -0.120. The monoisotopic (exact) mass is 620 g/mol. The number of aliphatic hydroxyl groups excluding tert-OH is 1. The molecule has 3 N–H and O–H groups in total. The molecule has 1 unspecified atom stereocenters. The second-order valence-corrected chi connectivity index (χ2v) is 11.8. The molecule has 1 atom stereocenters. The fourth-order valence-corrected chi connectivity index (χ4v) is 6.34. The molecule has 2 saturated heterocycles. The first-order valence-electron chi connectivity index (χ1n) is 14.4. The minimum atomic E-state index is -0.496. The van der Waals surface area contributed by atoms with Gasteiger partial charge in [-0.25, -0.2) is 9.78 Å². The Morgan fingerprint density at radius 2 is 1.91 bits per heavy atom. The van der Waals surface area contributed by atoms with Crippen LogP contribution in [-0.4, -0.2) is 94.1 Å². The van der Waals surface area contributed by atoms with Crippen molar-refractivity contribution in [3.63, 3.8) is 0 Å². The molecular formula is C29H32N8O6S. The summed E-state index contributed by atoms with van der Waals surface area (Å²) in [6.07, 6.45) is 0.141. The number of fused-ring (bicyclic) bond motifs is 1. The summed E-state index contributed by atoms with van der Waals surface area (Å²) in [7, 11) is 0. The zero-order valence-electron chi connectivity index (χ0n) is 24.3. The highest BCUT2D eigenvalue weighted by molar-refractivity contribution is 7.17. The first kappa shape index (κ1) is 29.4. The zero-order valence-corrected chi connectivity index (χ0v) is 25.1. The van der Waals surface area contributed by atoms with Gasteiger partial charge in [-0.2, -0.15) is 9.97 Å². The van der Waals surface area contributed by atoms with Crippen molar-refractivity contribution in [2.75, 3.05) is 54.4 Å². The van der Waals surface area contributed by atoms with Crippen LogP contribution in [0.25, 0.3) is 0 Å². The number of nitrogens with one attached hydrogen (secondary N) is 2. The van der Waals surface area contributed by atoms with Crippen LogP contribution < -0.4 is 20.4 Å². The Morgan fingerprint density at radius 3 is 2.61 bits per heavy atom. The van der Waals surface area contributed by atoms with E-state index in [1.807, 2.05) is 4.90 Å². The normalized spacial score (nSPS) is 18.0. The highest BCUT2D eigenvalue weighted by Crippen LogP contribution is 2.37. The van der Waals surface area contributed by atoms with Crippen LogP contribution in [0.15, 0.2) is 24.3 Å². The van der Waals surface area contributed by atoms with E-state index in [1.165, 1.54) is 0 Å². The molecule has 44 heavy (non-hydrogen) atoms. The van der Waals surface area contributed by atoms with E-state index < -0.39 is 12.1 Å². The molecule has 0 saturated carbocycles. The second-order valence-electron chi connectivity index (χ2n) is 10.8. The summed E-state index contributed by atoms with van der Waals surface area (Å²) in [5, 5.41) is 16.1. The molecule has 230 valence electrons. The van der Waals surface area contributed by atoms with E-state index in [9.17, 15) is 24.3 Å². The lowest BCUT2D eigenvalue weighted by Gasteiger charge is -2.29. The smallest absolute Gasteiger partial charge is 0.350 e. The van der Waals surface area contributed by atoms with E-state index >= 15 is 0 Å². The van der Waals surface area contributed by atoms with Crippen molar-refractivity contribution in [3.05, 3.63) is 51.5 Å². The number of aliphatic hydroxyl groups is 1. The van der Waals surface area contributed by atoms with Crippen molar-refractivity contribution in [2.24, 2.45) is 0 Å². The molecule has 14 nitrogen and oxygen atoms in total. The molecule has 2 aromatic heterocycles. The quantitative estimate of drug-likeness (QED) is 0.311. The molecule has 3 aliphatic heterocycles. The number of carbonyl (C=O) groups excluding carboxylic acids is 4. The van der Waals surface area contributed by atoms with Crippen molar-refractivity contribution in [2.45, 2.75) is 39.3 Å². The van der Waals surface area contributed by atoms with Crippen LogP contribution in [0.5, 0.6) is 0 Å². The third-order valence-electron chi connectivity index (χ3n) is 7.65. The Balaban J connectivity index is 1.29. The van der Waals surface area contributed by atoms with Crippen LogP contribution in [-0.2, 0) is 27.3 Å². The molecule has 6 rings (SSSR count). The SMILES string of the molecule is CCOC(=O)c1sc(Nc2nc(N3CCNC(=O)C3)c3c(n2)N(Cc2ccc(C(=O)N4CCC(O)C4)cc2)C(=O)C3)nc1C. The summed E-state index contributed by atoms with van der Waals surface area (Å²) in [6, 6.07) is 7.05. The molecule has 15 heteroatoms. The maximum Gasteiger partial charge on any atom is 0.350 e. The number of hydrogen-bond acceptors (Lipinski definition) is 12. The maximum atomic E-state index is 13.4. The van der Waals surface area contributed by atoms with Crippen molar-refractivity contribution in [3.8, 4) is 0 Å². The summed E-state index contributed by atoms with van der Waals surface area (Å²) >= 11 is 1.11. The number of β-amino-alcohol motifs (C(OH)–C–C–N with tert-alkyl or cyclic N) is 1. The van der Waals surface area contributed by atoms with E-state index in [1.54, 1.807) is 47.9 Å². The van der Waals surface area contributed by atoms with Gasteiger partial charge in [0.1, 0.15) is 16.5 Å². The average Bonchev–Trinajstić information content (AvgIpc) is 3.69. The number of likely N-dealkylation sites (tertiary alicyclic amines) is 1. The number of benzene rings is 1. The summed E-state index contributed by atoms with van der Waals surface area (Å²) in [6.45, 7) is 5.77. The van der Waals surface area contributed by atoms with Crippen molar-refractivity contribution >= 4 is 57.7 Å². The van der Waals surface area contributed by atoms with Gasteiger partial charge in [-0.05, 0) is 38.0 Å². The van der Waals surface area contributed by atoms with Crippen LogP contribution in [0.2, 0.25) is 0 Å². The highest BCUT2D eigenvalue weighted by Gasteiger charge is 2.35. The maximum absolute atomic E-state index is 13.4. The number of amides is 3. The van der Waals surface area contributed by atoms with Crippen molar-refractivity contribution in [1.29, 1.82) is 0 Å². The number of aryl methyl sites for hydroxylation is 1. The number of thiazole rings is 1. The largest absolute Gasteiger partial charge is 0.462 e. The lowest BCUT2D eigenvalue weighted by Crippen LogP contribution is -2.48. The molecule has 1 aromatic carbocycles. The third-order valence-corrected chi connectivity index (χ3v) is 8.71. The minimum absolute atomic E-state index is 0.0697. The van der Waals surface area contributed by atoms with E-state index in [0.29, 0.717) is 71.1 Å². The fraction of sp³-hybridized carbons (Fsp3) is 0.414. The predicted molar refractivity (Wildman–Crippen MR) is 161 cm³/mol. The van der Waals surface area contributed by atoms with Crippen LogP contribution in [0, 0.1) is 6.92 Å². The standard InChI is InChI=1S/C29H32N8O6S/c1-3-43-27(42)23-16(2)31-29(44-23)34-28-32-24(35-11-9-30-21(39)15-35)20-12-22(40)37(25(20)33-28)13-17-4-6-18(7-5-17)26(41)36-10-8-19(38)14-36/h4-7,19,38H,3,8-15H2,1-2H3,(H,30,39)(H,31,32,33,34). The summed E-state index contributed by atoms with van der Waals surface area (Å²) in [5.74, 6) is 0.143. The van der Waals surface area contributed by atoms with Crippen molar-refractivity contribution in [1.82, 2.24) is 25.2 Å². The number of anilines is 4. The Bertz CT molecular complexity index is 1630. The molecule has 3 amide bonds. The van der Waals surface area contributed by atoms with Crippen LogP contribution in [0.4, 0.5) is 22.7 Å². The van der Waals surface area contributed by atoms with Gasteiger partial charge in [0.05, 0.1) is 37.9 Å². The predicted octanol–water partition coefficient (Wildman–Crippen LogP) is 1.39. The summed E-state index contributed by atoms with van der Waals surface area (Å²) in [4.78, 5) is 70.0. The van der Waals surface area contributed by atoms with Gasteiger partial charge in [-0.3, -0.25) is 24.6 Å². The van der Waals surface area contributed by atoms with E-state index in [0.717, 1.165) is 16.9 Å². The number of nitrogens with zero attached hydrogens (tertiary/aromatic N) is 6. The number of aromatic nitrogens is 3. The molecule has 0 aliphatic carbocycles. The zero-order chi connectivity index (χ0) is 31.0. The number of ether oxygens (including phenoxy) is 1. The van der Waals surface area contributed by atoms with Crippen LogP contribution >= 0.6 is 11.3 Å². The van der Waals surface area contributed by atoms with Gasteiger partial charge in [0.25, 0.3) is 5.91 Å². The van der Waals surface area contributed by atoms with E-state index in [4.69, 9.17) is 14.7 Å². The third kappa shape index (κ3) is 5.92. The van der Waals surface area contributed by atoms with Gasteiger partial charge in [-0.1, -0.05) is 23.5 Å². The van der Waals surface area contributed by atoms with Gasteiger partial charge in [0.2, 0.25) is 17.8 Å². The van der Waals surface area contributed by atoms with Gasteiger partial charge < -0.3 is 25.0 Å². The molecule has 3 aromatic rings. The highest BCUT2D eigenvalue weighted by atomic mass is 32.1. The minimum Gasteiger partial charge on any atom is -0.462 e. The first-order valence-corrected chi connectivity index (χ1v) is 15.2. The molecule has 0 spiro atoms. The molecule has 5 heterocycles. The van der Waals surface area contributed by atoms with Gasteiger partial charge in [0, 0.05) is 37.3 Å². The topological polar surface area (TPSA) is 170 Å². The molecular weight excluding hydrogens is 588 g/mol. The lowest BCUT2D eigenvalue weighted by atomic mass is 10.1. The Labute approximate surface area is 257 Å². The number of carbonyl (C=O) groups is 4. The number of hydrogen-bond donors (Lipinski definition) is 3. The Kier molecular flexibility index (Phi) is 8.14. The average molecular weight is 621 g/mol. The number of rotatable bonds is 8. The Morgan fingerprint density at radius 1 is 1.14 bits per heavy atom. The fourth-order valence-electron chi connectivity index (χ4n) is 5.48. The molecule has 3 aliphatic rings. The molecule has 0 radical (unpaired) electrons. The van der Waals surface area contributed by atoms with Gasteiger partial charge >= 0.3 is 5.97 Å². The Hall–Kier alpha value is -4.63. The van der Waals surface area contributed by atoms with Crippen LogP contribution in [0.3, 0.4) is 0 Å².